The molecule has 2 aromatic heterocycles. The molecule has 0 unspecified atom stereocenters. The molecule has 0 atom stereocenters. The second kappa shape index (κ2) is 4.20. The van der Waals surface area contributed by atoms with Gasteiger partial charge in [-0.15, -0.1) is 0 Å². The lowest BCUT2D eigenvalue weighted by Crippen LogP contribution is -2.12. The fraction of sp³-hybridized carbons (Fsp3) is 0.125. The van der Waals surface area contributed by atoms with Gasteiger partial charge in [-0.2, -0.15) is 4.98 Å². The van der Waals surface area contributed by atoms with Crippen molar-refractivity contribution >= 4 is 28.6 Å². The van der Waals surface area contributed by atoms with Crippen molar-refractivity contribution in [1.29, 1.82) is 0 Å². The number of para-hydroxylation sites is 1. The summed E-state index contributed by atoms with van der Waals surface area (Å²) >= 11 is 0. The minimum atomic E-state index is 0.610. The predicted molar refractivity (Wildman–Crippen MR) is 79.4 cm³/mol. The van der Waals surface area contributed by atoms with Crippen molar-refractivity contribution in [2.75, 3.05) is 18.5 Å². The van der Waals surface area contributed by atoms with Crippen LogP contribution in [0.15, 0.2) is 47.0 Å². The first kappa shape index (κ1) is 11.2. The van der Waals surface area contributed by atoms with E-state index in [0.717, 1.165) is 12.1 Å². The van der Waals surface area contributed by atoms with E-state index in [9.17, 15) is 0 Å². The third-order valence-corrected chi connectivity index (χ3v) is 3.55. The number of hydrogen-bond acceptors (Lipinski definition) is 4. The minimum absolute atomic E-state index is 0.610. The number of pyridine rings is 1. The van der Waals surface area contributed by atoms with Gasteiger partial charge in [-0.25, -0.2) is 4.98 Å². The molecular weight excluding hydrogens is 250 g/mol. The zero-order valence-corrected chi connectivity index (χ0v) is 11.1. The van der Waals surface area contributed by atoms with Crippen LogP contribution in [0.25, 0.3) is 22.9 Å². The molecule has 1 aliphatic rings. The van der Waals surface area contributed by atoms with Crippen LogP contribution in [0.3, 0.4) is 0 Å². The topological polar surface area (TPSA) is 42.2 Å². The van der Waals surface area contributed by atoms with E-state index < -0.39 is 0 Å². The molecule has 0 aliphatic carbocycles. The molecule has 0 bridgehead atoms. The lowest BCUT2D eigenvalue weighted by atomic mass is 10.1. The second-order valence-corrected chi connectivity index (χ2v) is 4.92. The molecule has 0 amide bonds. The number of hydrogen-bond donors (Lipinski definition) is 0. The molecule has 1 aliphatic heterocycles. The van der Waals surface area contributed by atoms with Crippen molar-refractivity contribution < 1.29 is 4.42 Å². The number of benzene rings is 1. The van der Waals surface area contributed by atoms with Gasteiger partial charge in [-0.3, -0.25) is 0 Å². The molecule has 3 heterocycles. The lowest BCUT2D eigenvalue weighted by molar-refractivity contribution is 0.589. The number of nitrogens with zero attached hydrogens (tertiary/aromatic N) is 3. The first-order valence-electron chi connectivity index (χ1n) is 6.54. The highest BCUT2D eigenvalue weighted by Crippen LogP contribution is 2.35. The van der Waals surface area contributed by atoms with Gasteiger partial charge in [0.05, 0.1) is 0 Å². The van der Waals surface area contributed by atoms with Crippen LogP contribution in [0.2, 0.25) is 0 Å². The van der Waals surface area contributed by atoms with E-state index in [2.05, 4.69) is 46.2 Å². The molecule has 98 valence electrons. The number of oxazole rings is 1. The quantitative estimate of drug-likeness (QED) is 0.676. The second-order valence-electron chi connectivity index (χ2n) is 4.92. The third-order valence-electron chi connectivity index (χ3n) is 3.55. The van der Waals surface area contributed by atoms with E-state index in [4.69, 9.17) is 4.42 Å². The zero-order chi connectivity index (χ0) is 13.5. The van der Waals surface area contributed by atoms with E-state index in [1.165, 1.54) is 16.8 Å². The molecule has 3 aromatic rings. The highest BCUT2D eigenvalue weighted by Gasteiger charge is 2.20. The standard InChI is InChI=1S/C16H13N3O/c1-19-10-11(12-5-2-3-6-13(12)19)9-15-18-16-14(20-15)7-4-8-17-16/h2-9H,10H2,1H3. The zero-order valence-electron chi connectivity index (χ0n) is 11.1. The molecule has 1 aromatic carbocycles. The largest absolute Gasteiger partial charge is 0.435 e. The molecule has 4 rings (SSSR count). The molecule has 4 heteroatoms. The summed E-state index contributed by atoms with van der Waals surface area (Å²) in [5.41, 5.74) is 5.07. The van der Waals surface area contributed by atoms with Crippen LogP contribution in [0.1, 0.15) is 11.5 Å². The Balaban J connectivity index is 1.81. The smallest absolute Gasteiger partial charge is 0.221 e. The summed E-state index contributed by atoms with van der Waals surface area (Å²) in [6.45, 7) is 0.867. The van der Waals surface area contributed by atoms with E-state index in [0.29, 0.717) is 11.5 Å². The van der Waals surface area contributed by atoms with Gasteiger partial charge >= 0.3 is 0 Å². The number of rotatable bonds is 1. The summed E-state index contributed by atoms with van der Waals surface area (Å²) in [6.07, 6.45) is 3.73. The fourth-order valence-corrected chi connectivity index (χ4v) is 2.62. The predicted octanol–water partition coefficient (Wildman–Crippen LogP) is 3.21. The Hall–Kier alpha value is -2.62. The van der Waals surface area contributed by atoms with Gasteiger partial charge < -0.3 is 9.32 Å². The van der Waals surface area contributed by atoms with Crippen molar-refractivity contribution in [3.05, 3.63) is 54.0 Å². The van der Waals surface area contributed by atoms with E-state index >= 15 is 0 Å². The fourth-order valence-electron chi connectivity index (χ4n) is 2.62. The van der Waals surface area contributed by atoms with E-state index in [1.54, 1.807) is 6.20 Å². The number of aromatic nitrogens is 2. The van der Waals surface area contributed by atoms with Crippen molar-refractivity contribution in [1.82, 2.24) is 9.97 Å². The molecule has 0 radical (unpaired) electrons. The lowest BCUT2D eigenvalue weighted by Gasteiger charge is -2.09. The summed E-state index contributed by atoms with van der Waals surface area (Å²) in [5.74, 6) is 0.610. The van der Waals surface area contributed by atoms with Gasteiger partial charge in [-0.1, -0.05) is 18.2 Å². The Morgan fingerprint density at radius 2 is 2.10 bits per heavy atom. The van der Waals surface area contributed by atoms with Crippen LogP contribution < -0.4 is 4.90 Å². The Morgan fingerprint density at radius 3 is 3.00 bits per heavy atom. The highest BCUT2D eigenvalue weighted by atomic mass is 16.3. The van der Waals surface area contributed by atoms with Crippen LogP contribution in [-0.4, -0.2) is 23.6 Å². The Morgan fingerprint density at radius 1 is 1.20 bits per heavy atom. The maximum absolute atomic E-state index is 5.71. The molecule has 4 nitrogen and oxygen atoms in total. The summed E-state index contributed by atoms with van der Waals surface area (Å²) in [7, 11) is 2.09. The first-order valence-corrected chi connectivity index (χ1v) is 6.54. The van der Waals surface area contributed by atoms with Crippen molar-refractivity contribution in [3.8, 4) is 0 Å². The third kappa shape index (κ3) is 1.69. The maximum Gasteiger partial charge on any atom is 0.221 e. The van der Waals surface area contributed by atoms with Gasteiger partial charge in [0.25, 0.3) is 0 Å². The van der Waals surface area contributed by atoms with Gasteiger partial charge in [0.1, 0.15) is 0 Å². The molecule has 0 N–H and O–H groups in total. The molecule has 0 saturated heterocycles. The Bertz CT molecular complexity index is 786. The summed E-state index contributed by atoms with van der Waals surface area (Å²) in [6, 6.07) is 12.1. The van der Waals surface area contributed by atoms with Crippen LogP contribution in [0, 0.1) is 0 Å². The Labute approximate surface area is 116 Å². The first-order chi connectivity index (χ1) is 9.81. The van der Waals surface area contributed by atoms with Gasteiger partial charge in [0.2, 0.25) is 5.89 Å². The SMILES string of the molecule is CN1CC(=Cc2nc3ncccc3o2)c2ccccc21. The van der Waals surface area contributed by atoms with Gasteiger partial charge in [-0.05, 0) is 23.8 Å². The van der Waals surface area contributed by atoms with Crippen molar-refractivity contribution in [3.63, 3.8) is 0 Å². The number of fused-ring (bicyclic) bond motifs is 2. The number of likely N-dealkylation sites (N-methyl/N-ethyl adjacent to an activating group) is 1. The van der Waals surface area contributed by atoms with Gasteiger partial charge in [0.15, 0.2) is 11.2 Å². The van der Waals surface area contributed by atoms with Crippen LogP contribution in [0.5, 0.6) is 0 Å². The van der Waals surface area contributed by atoms with Crippen LogP contribution >= 0.6 is 0 Å². The molecule has 0 fully saturated rings. The monoisotopic (exact) mass is 263 g/mol. The average molecular weight is 263 g/mol. The molecule has 0 saturated carbocycles. The van der Waals surface area contributed by atoms with E-state index in [1.807, 2.05) is 18.2 Å². The van der Waals surface area contributed by atoms with Crippen LogP contribution in [-0.2, 0) is 0 Å². The van der Waals surface area contributed by atoms with Gasteiger partial charge in [0, 0.05) is 37.1 Å². The maximum atomic E-state index is 5.71. The molecule has 0 spiro atoms. The van der Waals surface area contributed by atoms with E-state index in [-0.39, 0.29) is 0 Å². The average Bonchev–Trinajstić information content (AvgIpc) is 3.01. The minimum Gasteiger partial charge on any atom is -0.435 e. The molecule has 20 heavy (non-hydrogen) atoms. The van der Waals surface area contributed by atoms with Crippen LogP contribution in [0.4, 0.5) is 5.69 Å². The molecular formula is C16H13N3O. The summed E-state index contributed by atoms with van der Waals surface area (Å²) < 4.78 is 5.71. The number of anilines is 1. The highest BCUT2D eigenvalue weighted by molar-refractivity contribution is 5.92. The van der Waals surface area contributed by atoms with Crippen molar-refractivity contribution in [2.24, 2.45) is 0 Å². The Kier molecular flexibility index (Phi) is 2.36. The van der Waals surface area contributed by atoms with Crippen molar-refractivity contribution in [2.45, 2.75) is 0 Å². The summed E-state index contributed by atoms with van der Waals surface area (Å²) in [4.78, 5) is 10.8. The normalized spacial score (nSPS) is 16.1. The summed E-state index contributed by atoms with van der Waals surface area (Å²) in [5, 5.41) is 0.